The molecule has 0 bridgehead atoms. The molecule has 1 heterocycles. The Morgan fingerprint density at radius 1 is 0.575 bits per heavy atom. The lowest BCUT2D eigenvalue weighted by molar-refractivity contribution is 0.477. The van der Waals surface area contributed by atoms with Gasteiger partial charge in [-0.3, -0.25) is 4.57 Å². The molecule has 5 aromatic carbocycles. The minimum absolute atomic E-state index is 0.278. The molecule has 3 heteroatoms. The topological polar surface area (TPSA) is 38.0 Å². The summed E-state index contributed by atoms with van der Waals surface area (Å²) in [4.78, 5) is 5.37. The number of aromatic nitrogens is 2. The van der Waals surface area contributed by atoms with Gasteiger partial charge in [0, 0.05) is 16.7 Å². The zero-order valence-corrected chi connectivity index (χ0v) is 23.5. The summed E-state index contributed by atoms with van der Waals surface area (Å²) in [5.41, 5.74) is 10.9. The van der Waals surface area contributed by atoms with Crippen LogP contribution >= 0.6 is 0 Å². The third kappa shape index (κ3) is 4.48. The molecule has 0 amide bonds. The molecule has 0 atom stereocenters. The highest BCUT2D eigenvalue weighted by Crippen LogP contribution is 2.40. The van der Waals surface area contributed by atoms with E-state index in [9.17, 15) is 5.11 Å². The van der Waals surface area contributed by atoms with Gasteiger partial charge in [0.1, 0.15) is 11.6 Å². The number of phenolic OH excluding ortho intramolecular Hbond substituents is 1. The summed E-state index contributed by atoms with van der Waals surface area (Å²) < 4.78 is 2.38. The van der Waals surface area contributed by atoms with Crippen LogP contribution in [0.5, 0.6) is 5.75 Å². The van der Waals surface area contributed by atoms with Gasteiger partial charge < -0.3 is 5.11 Å². The second kappa shape index (κ2) is 10.5. The molecule has 0 unspecified atom stereocenters. The van der Waals surface area contributed by atoms with E-state index in [0.29, 0.717) is 11.8 Å². The number of imidazole rings is 1. The summed E-state index contributed by atoms with van der Waals surface area (Å²) in [6.07, 6.45) is 0. The van der Waals surface area contributed by atoms with E-state index in [1.54, 1.807) is 6.07 Å². The summed E-state index contributed by atoms with van der Waals surface area (Å²) in [6.45, 7) is 9.06. The Balaban J connectivity index is 1.66. The van der Waals surface area contributed by atoms with Crippen molar-refractivity contribution < 1.29 is 5.11 Å². The smallest absolute Gasteiger partial charge is 0.145 e. The van der Waals surface area contributed by atoms with Crippen LogP contribution in [0, 0.1) is 0 Å². The van der Waals surface area contributed by atoms with Gasteiger partial charge in [0.2, 0.25) is 0 Å². The predicted molar refractivity (Wildman–Crippen MR) is 167 cm³/mol. The second-order valence-electron chi connectivity index (χ2n) is 11.0. The number of hydrogen-bond acceptors (Lipinski definition) is 2. The van der Waals surface area contributed by atoms with E-state index in [4.69, 9.17) is 4.98 Å². The standard InChI is InChI=1S/C37H34N2O/c1-24(2)29-18-11-19-30(25(3)4)36(29)39-33-21-12-20-32(35(33)38-37(39)26-13-6-5-7-14-26)28-16-10-15-27(23-28)31-17-8-9-22-34(31)40/h5-25,40H,1-4H3. The third-order valence-corrected chi connectivity index (χ3v) is 7.67. The first kappa shape index (κ1) is 25.6. The number of hydrogen-bond donors (Lipinski definition) is 1. The summed E-state index contributed by atoms with van der Waals surface area (Å²) in [7, 11) is 0. The Hall–Kier alpha value is -4.63. The Morgan fingerprint density at radius 3 is 1.80 bits per heavy atom. The zero-order chi connectivity index (χ0) is 27.8. The van der Waals surface area contributed by atoms with Crippen molar-refractivity contribution in [2.45, 2.75) is 39.5 Å². The molecule has 0 fully saturated rings. The highest BCUT2D eigenvalue weighted by molar-refractivity contribution is 5.96. The first-order chi connectivity index (χ1) is 19.4. The van der Waals surface area contributed by atoms with Gasteiger partial charge in [-0.1, -0.05) is 125 Å². The van der Waals surface area contributed by atoms with Crippen LogP contribution in [0.1, 0.15) is 50.7 Å². The first-order valence-corrected chi connectivity index (χ1v) is 14.0. The van der Waals surface area contributed by atoms with Crippen molar-refractivity contribution in [2.24, 2.45) is 0 Å². The maximum absolute atomic E-state index is 10.5. The molecule has 0 saturated heterocycles. The van der Waals surface area contributed by atoms with E-state index in [1.807, 2.05) is 30.3 Å². The highest BCUT2D eigenvalue weighted by Gasteiger charge is 2.23. The van der Waals surface area contributed by atoms with Gasteiger partial charge >= 0.3 is 0 Å². The molecule has 0 radical (unpaired) electrons. The van der Waals surface area contributed by atoms with E-state index in [0.717, 1.165) is 44.7 Å². The van der Waals surface area contributed by atoms with Crippen LogP contribution in [0.4, 0.5) is 0 Å². The molecule has 1 N–H and O–H groups in total. The minimum atomic E-state index is 0.278. The van der Waals surface area contributed by atoms with E-state index in [-0.39, 0.29) is 5.75 Å². The van der Waals surface area contributed by atoms with Crippen molar-refractivity contribution in [3.8, 4) is 45.1 Å². The molecule has 0 aliphatic heterocycles. The van der Waals surface area contributed by atoms with Crippen LogP contribution < -0.4 is 0 Å². The molecule has 0 aliphatic carbocycles. The Labute approximate surface area is 236 Å². The van der Waals surface area contributed by atoms with Crippen molar-refractivity contribution in [3.05, 3.63) is 126 Å². The maximum atomic E-state index is 10.5. The number of fused-ring (bicyclic) bond motifs is 1. The Morgan fingerprint density at radius 2 is 1.12 bits per heavy atom. The van der Waals surface area contributed by atoms with Crippen molar-refractivity contribution in [1.82, 2.24) is 9.55 Å². The number of phenols is 1. The van der Waals surface area contributed by atoms with Gasteiger partial charge in [-0.05, 0) is 52.3 Å². The lowest BCUT2D eigenvalue weighted by Gasteiger charge is -2.22. The highest BCUT2D eigenvalue weighted by atomic mass is 16.3. The molecule has 3 nitrogen and oxygen atoms in total. The largest absolute Gasteiger partial charge is 0.507 e. The number of benzene rings is 5. The van der Waals surface area contributed by atoms with Gasteiger partial charge in [0.25, 0.3) is 0 Å². The van der Waals surface area contributed by atoms with Crippen molar-refractivity contribution in [2.75, 3.05) is 0 Å². The molecule has 6 rings (SSSR count). The average Bonchev–Trinajstić information content (AvgIpc) is 3.37. The average molecular weight is 523 g/mol. The molecular formula is C37H34N2O. The summed E-state index contributed by atoms with van der Waals surface area (Å²) in [6, 6.07) is 39.5. The van der Waals surface area contributed by atoms with E-state index in [1.165, 1.54) is 16.8 Å². The van der Waals surface area contributed by atoms with Crippen LogP contribution in [0.3, 0.4) is 0 Å². The van der Waals surface area contributed by atoms with E-state index >= 15 is 0 Å². The monoisotopic (exact) mass is 522 g/mol. The van der Waals surface area contributed by atoms with E-state index in [2.05, 4.69) is 111 Å². The summed E-state index contributed by atoms with van der Waals surface area (Å²) >= 11 is 0. The predicted octanol–water partition coefficient (Wildman–Crippen LogP) is 9.98. The quantitative estimate of drug-likeness (QED) is 0.236. The van der Waals surface area contributed by atoms with Crippen LogP contribution in [0.2, 0.25) is 0 Å². The van der Waals surface area contributed by atoms with Crippen LogP contribution in [-0.4, -0.2) is 14.7 Å². The molecular weight excluding hydrogens is 488 g/mol. The number of aromatic hydroxyl groups is 1. The number of rotatable bonds is 6. The zero-order valence-electron chi connectivity index (χ0n) is 23.5. The SMILES string of the molecule is CC(C)c1cccc(C(C)C)c1-n1c(-c2ccccc2)nc2c(-c3cccc(-c4ccccc4O)c3)cccc21. The molecule has 0 aliphatic rings. The molecule has 40 heavy (non-hydrogen) atoms. The van der Waals surface area contributed by atoms with Crippen LogP contribution in [0.15, 0.2) is 115 Å². The van der Waals surface area contributed by atoms with Gasteiger partial charge in [0.15, 0.2) is 0 Å². The lowest BCUT2D eigenvalue weighted by atomic mass is 9.92. The van der Waals surface area contributed by atoms with Gasteiger partial charge in [-0.25, -0.2) is 4.98 Å². The molecule has 1 aromatic heterocycles. The van der Waals surface area contributed by atoms with Gasteiger partial charge in [-0.2, -0.15) is 0 Å². The molecule has 0 saturated carbocycles. The number of para-hydroxylation sites is 3. The molecule has 198 valence electrons. The van der Waals surface area contributed by atoms with Crippen LogP contribution in [0.25, 0.3) is 50.4 Å². The Kier molecular flexibility index (Phi) is 6.73. The van der Waals surface area contributed by atoms with Crippen molar-refractivity contribution in [3.63, 3.8) is 0 Å². The van der Waals surface area contributed by atoms with Gasteiger partial charge in [-0.15, -0.1) is 0 Å². The minimum Gasteiger partial charge on any atom is -0.507 e. The molecule has 0 spiro atoms. The van der Waals surface area contributed by atoms with Crippen molar-refractivity contribution in [1.29, 1.82) is 0 Å². The Bertz CT molecular complexity index is 1790. The number of nitrogens with zero attached hydrogens (tertiary/aromatic N) is 2. The summed E-state index contributed by atoms with van der Waals surface area (Å²) in [5, 5.41) is 10.5. The maximum Gasteiger partial charge on any atom is 0.145 e. The normalized spacial score (nSPS) is 11.6. The fourth-order valence-electron chi connectivity index (χ4n) is 5.68. The fraction of sp³-hybridized carbons (Fsp3) is 0.162. The lowest BCUT2D eigenvalue weighted by Crippen LogP contribution is -2.08. The summed E-state index contributed by atoms with van der Waals surface area (Å²) in [5.74, 6) is 1.93. The van der Waals surface area contributed by atoms with Crippen molar-refractivity contribution >= 4 is 11.0 Å². The van der Waals surface area contributed by atoms with Gasteiger partial charge in [0.05, 0.1) is 16.7 Å². The first-order valence-electron chi connectivity index (χ1n) is 14.0. The second-order valence-corrected chi connectivity index (χ2v) is 11.0. The van der Waals surface area contributed by atoms with Crippen LogP contribution in [-0.2, 0) is 0 Å². The molecule has 6 aromatic rings. The van der Waals surface area contributed by atoms with E-state index < -0.39 is 0 Å². The third-order valence-electron chi connectivity index (χ3n) is 7.67. The fourth-order valence-corrected chi connectivity index (χ4v) is 5.68.